The standard InChI is InChI=1S/C22H39N3O6/c1-23-10-6-22(7-11-23)5-2-3-8-25(20(28)16-24-12-14-30-15-13-24)9-4-18(26)19(27)17-31-21(22)29/h18-19,26-27H,2-17H2,1H3/t18-,19+/m0/s1. The number of rotatable bonds is 2. The minimum Gasteiger partial charge on any atom is -0.462 e. The van der Waals surface area contributed by atoms with Gasteiger partial charge in [-0.3, -0.25) is 14.5 Å². The van der Waals surface area contributed by atoms with Crippen molar-refractivity contribution in [2.75, 3.05) is 72.7 Å². The van der Waals surface area contributed by atoms with Crippen molar-refractivity contribution in [3.05, 3.63) is 0 Å². The number of cyclic esters (lactones) is 1. The monoisotopic (exact) mass is 441 g/mol. The van der Waals surface area contributed by atoms with Crippen LogP contribution in [0, 0.1) is 5.41 Å². The number of morpholine rings is 1. The molecule has 2 N–H and O–H groups in total. The van der Waals surface area contributed by atoms with Crippen molar-refractivity contribution in [2.24, 2.45) is 5.41 Å². The van der Waals surface area contributed by atoms with Gasteiger partial charge in [0.05, 0.1) is 31.3 Å². The Morgan fingerprint density at radius 3 is 2.42 bits per heavy atom. The van der Waals surface area contributed by atoms with Crippen molar-refractivity contribution in [1.82, 2.24) is 14.7 Å². The predicted octanol–water partition coefficient (Wildman–Crippen LogP) is -0.302. The van der Waals surface area contributed by atoms with Crippen molar-refractivity contribution >= 4 is 11.9 Å². The number of likely N-dealkylation sites (tertiary alicyclic amines) is 1. The van der Waals surface area contributed by atoms with E-state index >= 15 is 0 Å². The first-order valence-electron chi connectivity index (χ1n) is 11.7. The maximum absolute atomic E-state index is 12.9. The minimum absolute atomic E-state index is 0.0415. The predicted molar refractivity (Wildman–Crippen MR) is 114 cm³/mol. The van der Waals surface area contributed by atoms with E-state index < -0.39 is 17.6 Å². The lowest BCUT2D eigenvalue weighted by Crippen LogP contribution is -2.46. The van der Waals surface area contributed by atoms with Crippen molar-refractivity contribution in [3.63, 3.8) is 0 Å². The molecule has 31 heavy (non-hydrogen) atoms. The molecule has 0 aliphatic carbocycles. The number of piperidine rings is 1. The molecule has 178 valence electrons. The van der Waals surface area contributed by atoms with Gasteiger partial charge < -0.3 is 29.5 Å². The third kappa shape index (κ3) is 6.86. The number of nitrogens with zero attached hydrogens (tertiary/aromatic N) is 3. The average molecular weight is 442 g/mol. The van der Waals surface area contributed by atoms with Gasteiger partial charge in [-0.1, -0.05) is 6.42 Å². The van der Waals surface area contributed by atoms with Crippen molar-refractivity contribution in [2.45, 2.75) is 50.7 Å². The number of amides is 1. The lowest BCUT2D eigenvalue weighted by atomic mass is 9.74. The third-order valence-corrected chi connectivity index (χ3v) is 7.05. The highest BCUT2D eigenvalue weighted by atomic mass is 16.5. The van der Waals surface area contributed by atoms with Crippen LogP contribution in [0.4, 0.5) is 0 Å². The first kappa shape index (κ1) is 24.4. The molecule has 1 amide bonds. The molecule has 3 fully saturated rings. The van der Waals surface area contributed by atoms with Crippen LogP contribution in [-0.4, -0.2) is 122 Å². The zero-order chi connectivity index (χ0) is 22.3. The first-order valence-corrected chi connectivity index (χ1v) is 11.7. The average Bonchev–Trinajstić information content (AvgIpc) is 2.78. The maximum Gasteiger partial charge on any atom is 0.312 e. The second kappa shape index (κ2) is 11.6. The molecule has 9 heteroatoms. The minimum atomic E-state index is -1.15. The highest BCUT2D eigenvalue weighted by Gasteiger charge is 2.42. The molecule has 1 spiro atoms. The summed E-state index contributed by atoms with van der Waals surface area (Å²) in [4.78, 5) is 32.0. The van der Waals surface area contributed by atoms with E-state index in [4.69, 9.17) is 9.47 Å². The van der Waals surface area contributed by atoms with Gasteiger partial charge in [0.1, 0.15) is 12.7 Å². The number of esters is 1. The van der Waals surface area contributed by atoms with Gasteiger partial charge in [-0.2, -0.15) is 0 Å². The molecule has 0 aromatic heterocycles. The SMILES string of the molecule is CN1CCC2(CCCCN(C(=O)CN3CCOCC3)CC[C@H](O)[C@H](O)COC2=O)CC1. The van der Waals surface area contributed by atoms with Crippen LogP contribution in [0.3, 0.4) is 0 Å². The fraction of sp³-hybridized carbons (Fsp3) is 0.909. The van der Waals surface area contributed by atoms with Gasteiger partial charge >= 0.3 is 5.97 Å². The van der Waals surface area contributed by atoms with Crippen molar-refractivity contribution in [3.8, 4) is 0 Å². The van der Waals surface area contributed by atoms with Crippen molar-refractivity contribution < 1.29 is 29.3 Å². The summed E-state index contributed by atoms with van der Waals surface area (Å²) < 4.78 is 10.8. The van der Waals surface area contributed by atoms with Crippen molar-refractivity contribution in [1.29, 1.82) is 0 Å². The second-order valence-corrected chi connectivity index (χ2v) is 9.33. The molecule has 2 atom stereocenters. The van der Waals surface area contributed by atoms with Gasteiger partial charge in [0, 0.05) is 26.2 Å². The molecule has 0 unspecified atom stereocenters. The molecule has 9 nitrogen and oxygen atoms in total. The molecule has 3 heterocycles. The molecular weight excluding hydrogens is 402 g/mol. The van der Waals surface area contributed by atoms with E-state index in [1.54, 1.807) is 4.90 Å². The Kier molecular flexibility index (Phi) is 9.09. The maximum atomic E-state index is 12.9. The first-order chi connectivity index (χ1) is 14.9. The lowest BCUT2D eigenvalue weighted by molar-refractivity contribution is -0.164. The molecule has 3 rings (SSSR count). The number of hydrogen-bond acceptors (Lipinski definition) is 8. The second-order valence-electron chi connectivity index (χ2n) is 9.33. The Labute approximate surface area is 185 Å². The zero-order valence-corrected chi connectivity index (χ0v) is 18.8. The van der Waals surface area contributed by atoms with Gasteiger partial charge in [0.25, 0.3) is 0 Å². The summed E-state index contributed by atoms with van der Waals surface area (Å²) in [6, 6.07) is 0. The molecular formula is C22H39N3O6. The number of carbonyl (C=O) groups is 2. The van der Waals surface area contributed by atoms with Gasteiger partial charge in [-0.05, 0) is 52.2 Å². The number of hydrogen-bond donors (Lipinski definition) is 2. The Morgan fingerprint density at radius 2 is 1.71 bits per heavy atom. The van der Waals surface area contributed by atoms with Gasteiger partial charge in [-0.25, -0.2) is 0 Å². The van der Waals surface area contributed by atoms with Crippen LogP contribution in [0.25, 0.3) is 0 Å². The van der Waals surface area contributed by atoms with E-state index in [-0.39, 0.29) is 24.9 Å². The summed E-state index contributed by atoms with van der Waals surface area (Å²) >= 11 is 0. The van der Waals surface area contributed by atoms with E-state index in [1.165, 1.54) is 0 Å². The fourth-order valence-electron chi connectivity index (χ4n) is 4.69. The quantitative estimate of drug-likeness (QED) is 0.563. The Balaban J connectivity index is 1.64. The zero-order valence-electron chi connectivity index (χ0n) is 18.8. The Morgan fingerprint density at radius 1 is 1.00 bits per heavy atom. The largest absolute Gasteiger partial charge is 0.462 e. The summed E-state index contributed by atoms with van der Waals surface area (Å²) in [7, 11) is 2.05. The van der Waals surface area contributed by atoms with Crippen LogP contribution in [0.15, 0.2) is 0 Å². The highest BCUT2D eigenvalue weighted by molar-refractivity contribution is 5.78. The molecule has 3 aliphatic heterocycles. The van der Waals surface area contributed by atoms with Crippen LogP contribution >= 0.6 is 0 Å². The van der Waals surface area contributed by atoms with Gasteiger partial charge in [0.15, 0.2) is 0 Å². The van der Waals surface area contributed by atoms with Crippen LogP contribution in [-0.2, 0) is 19.1 Å². The van der Waals surface area contributed by atoms with E-state index in [0.29, 0.717) is 32.8 Å². The summed E-state index contributed by atoms with van der Waals surface area (Å²) in [5, 5.41) is 20.7. The van der Waals surface area contributed by atoms with Gasteiger partial charge in [-0.15, -0.1) is 0 Å². The van der Waals surface area contributed by atoms with E-state index in [2.05, 4.69) is 16.8 Å². The number of aliphatic hydroxyl groups excluding tert-OH is 2. The molecule has 0 aromatic rings. The fourth-order valence-corrected chi connectivity index (χ4v) is 4.69. The smallest absolute Gasteiger partial charge is 0.312 e. The topological polar surface area (TPSA) is 103 Å². The van der Waals surface area contributed by atoms with Crippen LogP contribution in [0.2, 0.25) is 0 Å². The van der Waals surface area contributed by atoms with E-state index in [1.807, 2.05) is 0 Å². The van der Waals surface area contributed by atoms with E-state index in [0.717, 1.165) is 58.3 Å². The molecule has 3 saturated heterocycles. The lowest BCUT2D eigenvalue weighted by Gasteiger charge is -2.39. The summed E-state index contributed by atoms with van der Waals surface area (Å²) in [6.45, 7) is 5.57. The van der Waals surface area contributed by atoms with Crippen LogP contribution in [0.5, 0.6) is 0 Å². The van der Waals surface area contributed by atoms with Crippen LogP contribution in [0.1, 0.15) is 38.5 Å². The number of aliphatic hydroxyl groups is 2. The molecule has 0 bridgehead atoms. The normalized spacial score (nSPS) is 30.2. The van der Waals surface area contributed by atoms with Gasteiger partial charge in [0.2, 0.25) is 5.91 Å². The summed E-state index contributed by atoms with van der Waals surface area (Å²) in [5.41, 5.74) is -0.534. The molecule has 3 aliphatic rings. The highest BCUT2D eigenvalue weighted by Crippen LogP contribution is 2.38. The number of ether oxygens (including phenoxy) is 2. The third-order valence-electron chi connectivity index (χ3n) is 7.05. The number of carbonyl (C=O) groups excluding carboxylic acids is 2. The van der Waals surface area contributed by atoms with E-state index in [9.17, 15) is 19.8 Å². The summed E-state index contributed by atoms with van der Waals surface area (Å²) in [6.07, 6.45) is 1.91. The Bertz CT molecular complexity index is 590. The molecule has 0 aromatic carbocycles. The summed E-state index contributed by atoms with van der Waals surface area (Å²) in [5.74, 6) is -0.217. The Hall–Kier alpha value is -1.26. The molecule has 0 saturated carbocycles. The van der Waals surface area contributed by atoms with Crippen LogP contribution < -0.4 is 0 Å². The molecule has 0 radical (unpaired) electrons.